The highest BCUT2D eigenvalue weighted by molar-refractivity contribution is 5.96. The summed E-state index contributed by atoms with van der Waals surface area (Å²) in [5, 5.41) is 20.7. The smallest absolute Gasteiger partial charge is 0.270 e. The van der Waals surface area contributed by atoms with Crippen LogP contribution in [0.5, 0.6) is 0 Å². The number of nitro benzene ring substituents is 1. The quantitative estimate of drug-likeness (QED) is 0.566. The van der Waals surface area contributed by atoms with E-state index < -0.39 is 4.92 Å². The molecule has 96 valence electrons. The van der Waals surface area contributed by atoms with Gasteiger partial charge in [-0.2, -0.15) is 5.26 Å². The van der Waals surface area contributed by atoms with Gasteiger partial charge < -0.3 is 4.98 Å². The van der Waals surface area contributed by atoms with Crippen LogP contribution in [0.25, 0.3) is 22.0 Å². The van der Waals surface area contributed by atoms with Crippen molar-refractivity contribution in [1.82, 2.24) is 4.98 Å². The number of non-ortho nitro benzene ring substituents is 1. The van der Waals surface area contributed by atoms with E-state index in [2.05, 4.69) is 11.1 Å². The Hall–Kier alpha value is -3.13. The van der Waals surface area contributed by atoms with Crippen molar-refractivity contribution >= 4 is 16.6 Å². The molecule has 1 heterocycles. The zero-order valence-electron chi connectivity index (χ0n) is 10.3. The maximum atomic E-state index is 10.8. The minimum absolute atomic E-state index is 0.0493. The molecule has 20 heavy (non-hydrogen) atoms. The first-order valence-electron chi connectivity index (χ1n) is 5.95. The highest BCUT2D eigenvalue weighted by atomic mass is 16.6. The molecular formula is C15H9N3O2. The van der Waals surface area contributed by atoms with E-state index in [4.69, 9.17) is 5.26 Å². The van der Waals surface area contributed by atoms with Gasteiger partial charge in [-0.15, -0.1) is 0 Å². The standard InChI is InChI=1S/C15H9N3O2/c16-8-10-4-5-15-13(6-10)14(9-17-15)11-2-1-3-12(7-11)18(19)20/h1-7,9,17H. The number of fused-ring (bicyclic) bond motifs is 1. The van der Waals surface area contributed by atoms with Gasteiger partial charge >= 0.3 is 0 Å². The molecule has 0 atom stereocenters. The first-order valence-corrected chi connectivity index (χ1v) is 5.95. The van der Waals surface area contributed by atoms with Crippen molar-refractivity contribution < 1.29 is 4.92 Å². The van der Waals surface area contributed by atoms with Crippen LogP contribution in [0.1, 0.15) is 5.56 Å². The third kappa shape index (κ3) is 1.89. The number of hydrogen-bond donors (Lipinski definition) is 1. The van der Waals surface area contributed by atoms with E-state index in [1.54, 1.807) is 24.4 Å². The van der Waals surface area contributed by atoms with Crippen LogP contribution in [0.15, 0.2) is 48.7 Å². The molecule has 0 unspecified atom stereocenters. The number of aromatic amines is 1. The third-order valence-electron chi connectivity index (χ3n) is 3.18. The summed E-state index contributed by atoms with van der Waals surface area (Å²) in [5.41, 5.74) is 3.10. The average molecular weight is 263 g/mol. The zero-order chi connectivity index (χ0) is 14.1. The van der Waals surface area contributed by atoms with Crippen LogP contribution in [-0.2, 0) is 0 Å². The topological polar surface area (TPSA) is 82.7 Å². The number of rotatable bonds is 2. The van der Waals surface area contributed by atoms with E-state index in [9.17, 15) is 10.1 Å². The van der Waals surface area contributed by atoms with Crippen molar-refractivity contribution in [3.63, 3.8) is 0 Å². The molecule has 1 aromatic heterocycles. The second-order valence-electron chi connectivity index (χ2n) is 4.38. The summed E-state index contributed by atoms with van der Waals surface area (Å²) in [6.07, 6.45) is 1.80. The Morgan fingerprint density at radius 1 is 1.20 bits per heavy atom. The van der Waals surface area contributed by atoms with E-state index in [-0.39, 0.29) is 5.69 Å². The predicted octanol–water partition coefficient (Wildman–Crippen LogP) is 3.61. The Morgan fingerprint density at radius 3 is 2.80 bits per heavy atom. The number of nitro groups is 1. The molecular weight excluding hydrogens is 254 g/mol. The highest BCUT2D eigenvalue weighted by Crippen LogP contribution is 2.31. The average Bonchev–Trinajstić information content (AvgIpc) is 2.90. The molecule has 0 aliphatic carbocycles. The number of hydrogen-bond acceptors (Lipinski definition) is 3. The molecule has 0 aliphatic rings. The molecule has 2 aromatic carbocycles. The van der Waals surface area contributed by atoms with Crippen molar-refractivity contribution in [3.8, 4) is 17.2 Å². The monoisotopic (exact) mass is 263 g/mol. The van der Waals surface area contributed by atoms with E-state index in [0.29, 0.717) is 5.56 Å². The van der Waals surface area contributed by atoms with Crippen LogP contribution >= 0.6 is 0 Å². The summed E-state index contributed by atoms with van der Waals surface area (Å²) in [5.74, 6) is 0. The fourth-order valence-electron chi connectivity index (χ4n) is 2.22. The number of benzene rings is 2. The molecule has 0 bridgehead atoms. The highest BCUT2D eigenvalue weighted by Gasteiger charge is 2.11. The predicted molar refractivity (Wildman–Crippen MR) is 75.1 cm³/mol. The molecule has 3 aromatic rings. The van der Waals surface area contributed by atoms with Gasteiger partial charge in [0.2, 0.25) is 0 Å². The number of aromatic nitrogens is 1. The molecule has 5 nitrogen and oxygen atoms in total. The second-order valence-corrected chi connectivity index (χ2v) is 4.38. The Morgan fingerprint density at radius 2 is 2.05 bits per heavy atom. The first-order chi connectivity index (χ1) is 9.69. The van der Waals surface area contributed by atoms with Gasteiger partial charge in [0.15, 0.2) is 0 Å². The van der Waals surface area contributed by atoms with Crippen molar-refractivity contribution in [2.24, 2.45) is 0 Å². The van der Waals surface area contributed by atoms with Gasteiger partial charge in [-0.1, -0.05) is 12.1 Å². The molecule has 0 fully saturated rings. The van der Waals surface area contributed by atoms with Crippen LogP contribution in [-0.4, -0.2) is 9.91 Å². The Bertz CT molecular complexity index is 859. The van der Waals surface area contributed by atoms with Crippen LogP contribution in [0.3, 0.4) is 0 Å². The van der Waals surface area contributed by atoms with Crippen molar-refractivity contribution in [2.45, 2.75) is 0 Å². The van der Waals surface area contributed by atoms with E-state index >= 15 is 0 Å². The van der Waals surface area contributed by atoms with Gasteiger partial charge in [0.05, 0.1) is 16.6 Å². The number of nitrogens with one attached hydrogen (secondary N) is 1. The SMILES string of the molecule is N#Cc1ccc2[nH]cc(-c3cccc([N+](=O)[O-])c3)c2c1. The van der Waals surface area contributed by atoms with Gasteiger partial charge in [-0.3, -0.25) is 10.1 Å². The van der Waals surface area contributed by atoms with Crippen molar-refractivity contribution in [1.29, 1.82) is 5.26 Å². The lowest BCUT2D eigenvalue weighted by Crippen LogP contribution is -1.87. The summed E-state index contributed by atoms with van der Waals surface area (Å²) < 4.78 is 0. The minimum atomic E-state index is -0.418. The van der Waals surface area contributed by atoms with Gasteiger partial charge in [0.1, 0.15) is 0 Å². The van der Waals surface area contributed by atoms with Crippen LogP contribution in [0, 0.1) is 21.4 Å². The van der Waals surface area contributed by atoms with E-state index in [1.807, 2.05) is 12.1 Å². The molecule has 5 heteroatoms. The minimum Gasteiger partial charge on any atom is -0.361 e. The Labute approximate surface area is 114 Å². The lowest BCUT2D eigenvalue weighted by molar-refractivity contribution is -0.384. The normalized spacial score (nSPS) is 10.3. The molecule has 3 rings (SSSR count). The fraction of sp³-hybridized carbons (Fsp3) is 0. The summed E-state index contributed by atoms with van der Waals surface area (Å²) in [6.45, 7) is 0. The molecule has 0 aliphatic heterocycles. The van der Waals surface area contributed by atoms with Crippen molar-refractivity contribution in [3.05, 3.63) is 64.3 Å². The first kappa shape index (κ1) is 11.9. The summed E-state index contributed by atoms with van der Waals surface area (Å²) >= 11 is 0. The van der Waals surface area contributed by atoms with E-state index in [0.717, 1.165) is 22.0 Å². The molecule has 0 saturated carbocycles. The maximum Gasteiger partial charge on any atom is 0.270 e. The number of nitrogens with zero attached hydrogens (tertiary/aromatic N) is 2. The molecule has 0 saturated heterocycles. The number of H-pyrrole nitrogens is 1. The molecule has 1 N–H and O–H groups in total. The van der Waals surface area contributed by atoms with E-state index in [1.165, 1.54) is 12.1 Å². The summed E-state index contributed by atoms with van der Waals surface area (Å²) in [4.78, 5) is 13.5. The fourth-order valence-corrected chi connectivity index (χ4v) is 2.22. The van der Waals surface area contributed by atoms with Gasteiger partial charge in [0, 0.05) is 34.8 Å². The largest absolute Gasteiger partial charge is 0.361 e. The van der Waals surface area contributed by atoms with Gasteiger partial charge in [-0.05, 0) is 23.8 Å². The molecule has 0 spiro atoms. The summed E-state index contributed by atoms with van der Waals surface area (Å²) in [7, 11) is 0. The van der Waals surface area contributed by atoms with Crippen LogP contribution in [0.2, 0.25) is 0 Å². The third-order valence-corrected chi connectivity index (χ3v) is 3.18. The zero-order valence-corrected chi connectivity index (χ0v) is 10.3. The lowest BCUT2D eigenvalue weighted by Gasteiger charge is -2.00. The Balaban J connectivity index is 2.22. The maximum absolute atomic E-state index is 10.8. The van der Waals surface area contributed by atoms with Crippen LogP contribution in [0.4, 0.5) is 5.69 Å². The van der Waals surface area contributed by atoms with Gasteiger partial charge in [-0.25, -0.2) is 0 Å². The van der Waals surface area contributed by atoms with Crippen LogP contribution < -0.4 is 0 Å². The Kier molecular flexibility index (Phi) is 2.70. The molecule has 0 radical (unpaired) electrons. The van der Waals surface area contributed by atoms with Crippen molar-refractivity contribution in [2.75, 3.05) is 0 Å². The lowest BCUT2D eigenvalue weighted by atomic mass is 10.0. The van der Waals surface area contributed by atoms with Gasteiger partial charge in [0.25, 0.3) is 5.69 Å². The molecule has 0 amide bonds. The number of nitriles is 1. The second kappa shape index (κ2) is 4.52. The summed E-state index contributed by atoms with van der Waals surface area (Å²) in [6, 6.07) is 13.9.